The second kappa shape index (κ2) is 7.07. The van der Waals surface area contributed by atoms with Crippen LogP contribution in [0.1, 0.15) is 38.2 Å². The van der Waals surface area contributed by atoms with Gasteiger partial charge < -0.3 is 5.73 Å². The van der Waals surface area contributed by atoms with Crippen molar-refractivity contribution in [3.63, 3.8) is 0 Å². The lowest BCUT2D eigenvalue weighted by Gasteiger charge is -2.35. The van der Waals surface area contributed by atoms with Gasteiger partial charge in [-0.05, 0) is 56.0 Å². The zero-order valence-corrected chi connectivity index (χ0v) is 13.8. The quantitative estimate of drug-likeness (QED) is 0.886. The standard InChI is InChI=1S/C15H22BrClN2/c1-2-19(14-6-4-13(18)5-7-14)10-11-9-12(17)3-8-15(11)16/h3,8-9,13-14H,2,4-7,10,18H2,1H3. The lowest BCUT2D eigenvalue weighted by Crippen LogP contribution is -2.40. The Hall–Kier alpha value is -0.0900. The predicted molar refractivity (Wildman–Crippen MR) is 85.5 cm³/mol. The molecule has 2 nitrogen and oxygen atoms in total. The lowest BCUT2D eigenvalue weighted by atomic mass is 9.90. The van der Waals surface area contributed by atoms with Crippen molar-refractivity contribution in [2.75, 3.05) is 6.54 Å². The fraction of sp³-hybridized carbons (Fsp3) is 0.600. The molecule has 0 amide bonds. The lowest BCUT2D eigenvalue weighted by molar-refractivity contribution is 0.149. The van der Waals surface area contributed by atoms with E-state index in [9.17, 15) is 0 Å². The van der Waals surface area contributed by atoms with Crippen molar-refractivity contribution in [2.45, 2.75) is 51.2 Å². The molecule has 0 saturated heterocycles. The Morgan fingerprint density at radius 1 is 1.32 bits per heavy atom. The number of halogens is 2. The molecule has 0 radical (unpaired) electrons. The highest BCUT2D eigenvalue weighted by Crippen LogP contribution is 2.27. The fourth-order valence-corrected chi connectivity index (χ4v) is 3.42. The molecule has 106 valence electrons. The van der Waals surface area contributed by atoms with Gasteiger partial charge in [0.05, 0.1) is 0 Å². The first kappa shape index (κ1) is 15.3. The summed E-state index contributed by atoms with van der Waals surface area (Å²) in [6, 6.07) is 7.08. The second-order valence-corrected chi connectivity index (χ2v) is 6.66. The van der Waals surface area contributed by atoms with Gasteiger partial charge in [-0.3, -0.25) is 4.90 Å². The van der Waals surface area contributed by atoms with E-state index in [0.29, 0.717) is 12.1 Å². The average molecular weight is 346 g/mol. The highest BCUT2D eigenvalue weighted by Gasteiger charge is 2.23. The summed E-state index contributed by atoms with van der Waals surface area (Å²) < 4.78 is 1.14. The summed E-state index contributed by atoms with van der Waals surface area (Å²) in [5, 5.41) is 0.805. The van der Waals surface area contributed by atoms with Gasteiger partial charge in [0.2, 0.25) is 0 Å². The van der Waals surface area contributed by atoms with Crippen LogP contribution in [0.3, 0.4) is 0 Å². The summed E-state index contributed by atoms with van der Waals surface area (Å²) in [6.07, 6.45) is 4.73. The maximum Gasteiger partial charge on any atom is 0.0410 e. The van der Waals surface area contributed by atoms with Crippen molar-refractivity contribution in [1.82, 2.24) is 4.90 Å². The summed E-state index contributed by atoms with van der Waals surface area (Å²) in [4.78, 5) is 2.54. The van der Waals surface area contributed by atoms with Gasteiger partial charge in [0.25, 0.3) is 0 Å². The molecule has 1 saturated carbocycles. The highest BCUT2D eigenvalue weighted by molar-refractivity contribution is 9.10. The molecule has 0 aliphatic heterocycles. The largest absolute Gasteiger partial charge is 0.328 e. The van der Waals surface area contributed by atoms with Crippen LogP contribution in [0.2, 0.25) is 5.02 Å². The summed E-state index contributed by atoms with van der Waals surface area (Å²) in [5.41, 5.74) is 7.26. The predicted octanol–water partition coefficient (Wildman–Crippen LogP) is 4.19. The van der Waals surface area contributed by atoms with Crippen LogP contribution in [0.5, 0.6) is 0 Å². The minimum absolute atomic E-state index is 0.410. The molecule has 0 bridgehead atoms. The fourth-order valence-electron chi connectivity index (χ4n) is 2.85. The van der Waals surface area contributed by atoms with Gasteiger partial charge in [-0.15, -0.1) is 0 Å². The molecule has 0 unspecified atom stereocenters. The summed E-state index contributed by atoms with van der Waals surface area (Å²) in [5.74, 6) is 0. The monoisotopic (exact) mass is 344 g/mol. The van der Waals surface area contributed by atoms with Crippen LogP contribution in [-0.2, 0) is 6.54 Å². The average Bonchev–Trinajstić information content (AvgIpc) is 2.41. The molecule has 0 atom stereocenters. The van der Waals surface area contributed by atoms with E-state index in [0.717, 1.165) is 35.4 Å². The molecule has 1 fully saturated rings. The first-order valence-corrected chi connectivity index (χ1v) is 8.20. The van der Waals surface area contributed by atoms with Crippen LogP contribution in [0, 0.1) is 0 Å². The molecule has 19 heavy (non-hydrogen) atoms. The van der Waals surface area contributed by atoms with Crippen LogP contribution in [0.4, 0.5) is 0 Å². The third-order valence-corrected chi connectivity index (χ3v) is 5.05. The topological polar surface area (TPSA) is 29.3 Å². The number of nitrogens with two attached hydrogens (primary N) is 1. The van der Waals surface area contributed by atoms with Crippen LogP contribution in [-0.4, -0.2) is 23.5 Å². The van der Waals surface area contributed by atoms with Gasteiger partial charge in [-0.1, -0.05) is 34.5 Å². The van der Waals surface area contributed by atoms with E-state index in [1.54, 1.807) is 0 Å². The number of nitrogens with zero attached hydrogens (tertiary/aromatic N) is 1. The molecule has 1 aromatic rings. The SMILES string of the molecule is CCN(Cc1cc(Cl)ccc1Br)C1CCC(N)CC1. The molecule has 2 rings (SSSR count). The van der Waals surface area contributed by atoms with Gasteiger partial charge in [-0.2, -0.15) is 0 Å². The molecule has 2 N–H and O–H groups in total. The third-order valence-electron chi connectivity index (χ3n) is 4.05. The van der Waals surface area contributed by atoms with Crippen LogP contribution in [0.25, 0.3) is 0 Å². The molecule has 0 aromatic heterocycles. The Morgan fingerprint density at radius 3 is 2.63 bits per heavy atom. The Morgan fingerprint density at radius 2 is 2.00 bits per heavy atom. The normalized spacial score (nSPS) is 23.8. The van der Waals surface area contributed by atoms with E-state index in [1.165, 1.54) is 18.4 Å². The summed E-state index contributed by atoms with van der Waals surface area (Å²) in [6.45, 7) is 4.25. The summed E-state index contributed by atoms with van der Waals surface area (Å²) >= 11 is 9.71. The maximum atomic E-state index is 6.09. The first-order valence-electron chi connectivity index (χ1n) is 7.03. The van der Waals surface area contributed by atoms with E-state index in [2.05, 4.69) is 33.8 Å². The maximum absolute atomic E-state index is 6.09. The number of benzene rings is 1. The minimum atomic E-state index is 0.410. The smallest absolute Gasteiger partial charge is 0.0410 e. The number of hydrogen-bond acceptors (Lipinski definition) is 2. The van der Waals surface area contributed by atoms with Crippen molar-refractivity contribution in [3.8, 4) is 0 Å². The molecule has 1 aliphatic carbocycles. The van der Waals surface area contributed by atoms with E-state index >= 15 is 0 Å². The van der Waals surface area contributed by atoms with Gasteiger partial charge in [0.15, 0.2) is 0 Å². The first-order chi connectivity index (χ1) is 9.10. The molecule has 0 heterocycles. The van der Waals surface area contributed by atoms with Crippen molar-refractivity contribution >= 4 is 27.5 Å². The molecule has 4 heteroatoms. The van der Waals surface area contributed by atoms with Crippen LogP contribution >= 0.6 is 27.5 Å². The Labute approximate surface area is 129 Å². The zero-order valence-electron chi connectivity index (χ0n) is 11.4. The van der Waals surface area contributed by atoms with Gasteiger partial charge in [-0.25, -0.2) is 0 Å². The second-order valence-electron chi connectivity index (χ2n) is 5.37. The molecule has 1 aliphatic rings. The molecule has 0 spiro atoms. The minimum Gasteiger partial charge on any atom is -0.328 e. The van der Waals surface area contributed by atoms with Crippen molar-refractivity contribution in [3.05, 3.63) is 33.3 Å². The third kappa shape index (κ3) is 4.19. The van der Waals surface area contributed by atoms with Crippen LogP contribution < -0.4 is 5.73 Å². The number of rotatable bonds is 4. The summed E-state index contributed by atoms with van der Waals surface area (Å²) in [7, 11) is 0. The number of hydrogen-bond donors (Lipinski definition) is 1. The van der Waals surface area contributed by atoms with Crippen molar-refractivity contribution in [2.24, 2.45) is 5.73 Å². The van der Waals surface area contributed by atoms with E-state index in [-0.39, 0.29) is 0 Å². The van der Waals surface area contributed by atoms with Gasteiger partial charge in [0.1, 0.15) is 0 Å². The molecule has 1 aromatic carbocycles. The Balaban J connectivity index is 2.04. The van der Waals surface area contributed by atoms with Gasteiger partial charge in [0, 0.05) is 28.1 Å². The van der Waals surface area contributed by atoms with Gasteiger partial charge >= 0.3 is 0 Å². The Bertz CT molecular complexity index is 417. The highest BCUT2D eigenvalue weighted by atomic mass is 79.9. The van der Waals surface area contributed by atoms with Crippen LogP contribution in [0.15, 0.2) is 22.7 Å². The van der Waals surface area contributed by atoms with Crippen molar-refractivity contribution in [1.29, 1.82) is 0 Å². The zero-order chi connectivity index (χ0) is 13.8. The van der Waals surface area contributed by atoms with E-state index in [1.807, 2.05) is 12.1 Å². The van der Waals surface area contributed by atoms with E-state index in [4.69, 9.17) is 17.3 Å². The van der Waals surface area contributed by atoms with E-state index < -0.39 is 0 Å². The molecular weight excluding hydrogens is 324 g/mol. The van der Waals surface area contributed by atoms with Crippen molar-refractivity contribution < 1.29 is 0 Å². The molecular formula is C15H22BrClN2. The Kier molecular flexibility index (Phi) is 5.70.